The van der Waals surface area contributed by atoms with Crippen LogP contribution < -0.4 is 4.57 Å². The number of benzene rings is 1. The van der Waals surface area contributed by atoms with Crippen molar-refractivity contribution < 1.29 is 4.57 Å². The Labute approximate surface area is 158 Å². The Kier molecular flexibility index (Phi) is 4.56. The van der Waals surface area contributed by atoms with E-state index in [4.69, 9.17) is 0 Å². The highest BCUT2D eigenvalue weighted by atomic mass is 15.0. The van der Waals surface area contributed by atoms with Crippen LogP contribution in [0.25, 0.3) is 11.1 Å². The fourth-order valence-electron chi connectivity index (χ4n) is 5.93. The van der Waals surface area contributed by atoms with Crippen molar-refractivity contribution in [1.82, 2.24) is 0 Å². The maximum absolute atomic E-state index is 2.91. The van der Waals surface area contributed by atoms with Crippen LogP contribution in [0.2, 0.25) is 0 Å². The number of fused-ring (bicyclic) bond motifs is 2. The second-order valence-electron chi connectivity index (χ2n) is 8.67. The molecule has 0 amide bonds. The first-order valence-corrected chi connectivity index (χ1v) is 11.1. The Bertz CT molecular complexity index is 747. The molecule has 0 unspecified atom stereocenters. The minimum atomic E-state index is 0.785. The maximum atomic E-state index is 2.91. The van der Waals surface area contributed by atoms with Crippen molar-refractivity contribution in [3.8, 4) is 11.1 Å². The second-order valence-corrected chi connectivity index (χ2v) is 8.67. The molecule has 26 heavy (non-hydrogen) atoms. The first-order chi connectivity index (χ1) is 12.9. The Balaban J connectivity index is 1.77. The summed E-state index contributed by atoms with van der Waals surface area (Å²) in [4.78, 5) is 0. The standard InChI is InChI=1S/C25H32N/c1-3-11-19(12-4-1)25-21-15-7-9-17-23(21)26(20-13-5-2-6-14-20)24-18-10-8-16-22(24)25/h1,3-4,11-12,20H,2,5-10,13-18H2/q+1. The molecule has 2 aromatic rings. The highest BCUT2D eigenvalue weighted by Gasteiger charge is 2.37. The molecule has 0 aliphatic heterocycles. The van der Waals surface area contributed by atoms with Crippen LogP contribution in [-0.4, -0.2) is 0 Å². The van der Waals surface area contributed by atoms with Crippen molar-refractivity contribution >= 4 is 0 Å². The third-order valence-electron chi connectivity index (χ3n) is 7.06. The molecular weight excluding hydrogens is 314 g/mol. The number of pyridine rings is 1. The first-order valence-electron chi connectivity index (χ1n) is 11.1. The molecule has 0 N–H and O–H groups in total. The zero-order valence-electron chi connectivity index (χ0n) is 16.1. The van der Waals surface area contributed by atoms with Crippen LogP contribution in [0.15, 0.2) is 30.3 Å². The lowest BCUT2D eigenvalue weighted by atomic mass is 9.80. The van der Waals surface area contributed by atoms with Crippen LogP contribution >= 0.6 is 0 Å². The average molecular weight is 347 g/mol. The van der Waals surface area contributed by atoms with Crippen LogP contribution in [0, 0.1) is 0 Å². The summed E-state index contributed by atoms with van der Waals surface area (Å²) in [6.07, 6.45) is 17.8. The van der Waals surface area contributed by atoms with E-state index in [1.54, 1.807) is 28.1 Å². The van der Waals surface area contributed by atoms with Gasteiger partial charge in [-0.05, 0) is 56.9 Å². The molecule has 0 saturated heterocycles. The molecule has 3 aliphatic rings. The Hall–Kier alpha value is -1.63. The molecule has 0 bridgehead atoms. The van der Waals surface area contributed by atoms with E-state index in [9.17, 15) is 0 Å². The van der Waals surface area contributed by atoms with Crippen LogP contribution in [0.4, 0.5) is 0 Å². The average Bonchev–Trinajstić information content (AvgIpc) is 2.73. The van der Waals surface area contributed by atoms with Gasteiger partial charge in [-0.2, -0.15) is 4.57 Å². The highest BCUT2D eigenvalue weighted by Crippen LogP contribution is 2.39. The molecule has 3 aliphatic carbocycles. The van der Waals surface area contributed by atoms with Gasteiger partial charge in [0.25, 0.3) is 0 Å². The van der Waals surface area contributed by atoms with Gasteiger partial charge in [0.2, 0.25) is 0 Å². The number of hydrogen-bond donors (Lipinski definition) is 0. The van der Waals surface area contributed by atoms with Gasteiger partial charge in [-0.1, -0.05) is 36.8 Å². The summed E-state index contributed by atoms with van der Waals surface area (Å²) in [6, 6.07) is 12.1. The van der Waals surface area contributed by atoms with E-state index in [2.05, 4.69) is 34.9 Å². The molecule has 1 heteroatoms. The Morgan fingerprint density at radius 3 is 1.81 bits per heavy atom. The van der Waals surface area contributed by atoms with E-state index in [1.165, 1.54) is 89.0 Å². The van der Waals surface area contributed by atoms with E-state index in [0.29, 0.717) is 0 Å². The van der Waals surface area contributed by atoms with Crippen LogP contribution in [0.3, 0.4) is 0 Å². The molecule has 1 aromatic heterocycles. The number of aromatic nitrogens is 1. The molecule has 1 nitrogen and oxygen atoms in total. The molecule has 136 valence electrons. The van der Waals surface area contributed by atoms with Gasteiger partial charge in [-0.3, -0.25) is 0 Å². The lowest BCUT2D eigenvalue weighted by Gasteiger charge is -2.30. The molecule has 1 fully saturated rings. The third-order valence-corrected chi connectivity index (χ3v) is 7.06. The van der Waals surface area contributed by atoms with Gasteiger partial charge in [0, 0.05) is 42.4 Å². The van der Waals surface area contributed by atoms with Gasteiger partial charge in [-0.15, -0.1) is 0 Å². The predicted octanol–water partition coefficient (Wildman–Crippen LogP) is 5.90. The normalized spacial score (nSPS) is 20.5. The van der Waals surface area contributed by atoms with E-state index >= 15 is 0 Å². The quantitative estimate of drug-likeness (QED) is 0.596. The molecule has 0 spiro atoms. The molecule has 1 heterocycles. The third kappa shape index (κ3) is 2.80. The predicted molar refractivity (Wildman–Crippen MR) is 107 cm³/mol. The summed E-state index contributed by atoms with van der Waals surface area (Å²) in [5, 5.41) is 0. The highest BCUT2D eigenvalue weighted by molar-refractivity contribution is 5.72. The van der Waals surface area contributed by atoms with E-state index < -0.39 is 0 Å². The van der Waals surface area contributed by atoms with E-state index in [1.807, 2.05) is 0 Å². The number of nitrogens with zero attached hydrogens (tertiary/aromatic N) is 1. The number of rotatable bonds is 2. The lowest BCUT2D eigenvalue weighted by Crippen LogP contribution is -2.51. The smallest absolute Gasteiger partial charge is 0.185 e. The van der Waals surface area contributed by atoms with E-state index in [0.717, 1.165) is 6.04 Å². The topological polar surface area (TPSA) is 3.88 Å². The van der Waals surface area contributed by atoms with Gasteiger partial charge < -0.3 is 0 Å². The van der Waals surface area contributed by atoms with Gasteiger partial charge in [0.1, 0.15) is 0 Å². The van der Waals surface area contributed by atoms with Crippen LogP contribution in [-0.2, 0) is 25.7 Å². The summed E-state index contributed by atoms with van der Waals surface area (Å²) in [5.74, 6) is 0. The van der Waals surface area contributed by atoms with Gasteiger partial charge in [0.15, 0.2) is 17.4 Å². The van der Waals surface area contributed by atoms with Crippen molar-refractivity contribution in [3.05, 3.63) is 52.8 Å². The summed E-state index contributed by atoms with van der Waals surface area (Å²) >= 11 is 0. The van der Waals surface area contributed by atoms with Crippen molar-refractivity contribution in [2.45, 2.75) is 89.5 Å². The monoisotopic (exact) mass is 346 g/mol. The fourth-order valence-corrected chi connectivity index (χ4v) is 5.93. The molecule has 0 radical (unpaired) electrons. The van der Waals surface area contributed by atoms with Crippen molar-refractivity contribution in [2.24, 2.45) is 0 Å². The van der Waals surface area contributed by atoms with Crippen molar-refractivity contribution in [1.29, 1.82) is 0 Å². The Morgan fingerprint density at radius 2 is 1.19 bits per heavy atom. The molecule has 5 rings (SSSR count). The molecule has 1 saturated carbocycles. The van der Waals surface area contributed by atoms with E-state index in [-0.39, 0.29) is 0 Å². The second kappa shape index (κ2) is 7.18. The lowest BCUT2D eigenvalue weighted by molar-refractivity contribution is -0.740. The summed E-state index contributed by atoms with van der Waals surface area (Å²) in [7, 11) is 0. The zero-order valence-corrected chi connectivity index (χ0v) is 16.1. The SMILES string of the molecule is c1ccc(-c2c3c([n+](C4CCCCC4)c4c2CCCC4)CCCC3)cc1. The minimum Gasteiger partial charge on any atom is -0.197 e. The largest absolute Gasteiger partial charge is 0.197 e. The molecule has 0 atom stereocenters. The zero-order chi connectivity index (χ0) is 17.3. The maximum Gasteiger partial charge on any atom is 0.185 e. The summed E-state index contributed by atoms with van der Waals surface area (Å²) in [5.41, 5.74) is 9.99. The van der Waals surface area contributed by atoms with Crippen molar-refractivity contribution in [2.75, 3.05) is 0 Å². The van der Waals surface area contributed by atoms with Gasteiger partial charge in [0.05, 0.1) is 0 Å². The van der Waals surface area contributed by atoms with Gasteiger partial charge in [-0.25, -0.2) is 0 Å². The first kappa shape index (κ1) is 16.5. The van der Waals surface area contributed by atoms with Crippen molar-refractivity contribution in [3.63, 3.8) is 0 Å². The fraction of sp³-hybridized carbons (Fsp3) is 0.560. The summed E-state index contributed by atoms with van der Waals surface area (Å²) < 4.78 is 2.91. The van der Waals surface area contributed by atoms with Crippen LogP contribution in [0.5, 0.6) is 0 Å². The minimum absolute atomic E-state index is 0.785. The molecular formula is C25H32N+. The van der Waals surface area contributed by atoms with Gasteiger partial charge >= 0.3 is 0 Å². The molecule has 1 aromatic carbocycles. The summed E-state index contributed by atoms with van der Waals surface area (Å²) in [6.45, 7) is 0. The Morgan fingerprint density at radius 1 is 0.615 bits per heavy atom. The van der Waals surface area contributed by atoms with Crippen LogP contribution in [0.1, 0.15) is 86.3 Å². The number of hydrogen-bond acceptors (Lipinski definition) is 0.